The molecule has 3 amide bonds. The number of aromatic hydroxyl groups is 1. The molecular weight excluding hydrogens is 390 g/mol. The molecular formula is C21H27N3O6. The summed E-state index contributed by atoms with van der Waals surface area (Å²) in [5.74, 6) is -0.235. The van der Waals surface area contributed by atoms with Crippen molar-refractivity contribution in [1.29, 1.82) is 0 Å². The minimum absolute atomic E-state index is 0.0296. The molecule has 4 rings (SSSR count). The minimum Gasteiger partial charge on any atom is -0.508 e. The van der Waals surface area contributed by atoms with Crippen molar-refractivity contribution >= 4 is 17.7 Å². The van der Waals surface area contributed by atoms with E-state index < -0.39 is 12.1 Å². The van der Waals surface area contributed by atoms with Gasteiger partial charge in [0.05, 0.1) is 19.3 Å². The first kappa shape index (κ1) is 20.6. The Morgan fingerprint density at radius 1 is 1.17 bits per heavy atom. The number of nitrogens with one attached hydrogen (secondary N) is 1. The predicted molar refractivity (Wildman–Crippen MR) is 106 cm³/mol. The zero-order valence-corrected chi connectivity index (χ0v) is 16.8. The molecule has 0 unspecified atom stereocenters. The number of hydrogen-bond acceptors (Lipinski definition) is 6. The van der Waals surface area contributed by atoms with Gasteiger partial charge in [-0.3, -0.25) is 9.59 Å². The van der Waals surface area contributed by atoms with Crippen LogP contribution in [0.5, 0.6) is 5.75 Å². The van der Waals surface area contributed by atoms with Gasteiger partial charge in [-0.15, -0.1) is 0 Å². The van der Waals surface area contributed by atoms with E-state index in [-0.39, 0.29) is 42.6 Å². The molecule has 0 aromatic heterocycles. The molecule has 3 aliphatic heterocycles. The van der Waals surface area contributed by atoms with E-state index in [4.69, 9.17) is 9.47 Å². The molecule has 0 bridgehead atoms. The number of phenolic OH excluding ortho intramolecular Hbond substituents is 1. The van der Waals surface area contributed by atoms with E-state index >= 15 is 0 Å². The first-order valence-electron chi connectivity index (χ1n) is 10.4. The lowest BCUT2D eigenvalue weighted by atomic mass is 9.95. The van der Waals surface area contributed by atoms with Crippen LogP contribution in [0, 0.1) is 0 Å². The molecule has 3 aliphatic rings. The van der Waals surface area contributed by atoms with Crippen LogP contribution in [0.3, 0.4) is 0 Å². The zero-order valence-electron chi connectivity index (χ0n) is 16.8. The standard InChI is InChI=1S/C21H27N3O6/c25-15-5-3-14(4-6-15)12-16(22-21(28)23-8-10-29-11-9-23)20(27)24-7-1-2-18-19(24)17(26)13-30-18/h3-6,16,18-19,25H,1-2,7-13H2,(H,22,28)/t16-,18+,19+/m0/s1. The Bertz CT molecular complexity index is 792. The summed E-state index contributed by atoms with van der Waals surface area (Å²) in [5, 5.41) is 12.4. The number of carbonyl (C=O) groups is 3. The number of rotatable bonds is 4. The quantitative estimate of drug-likeness (QED) is 0.730. The Morgan fingerprint density at radius 3 is 2.63 bits per heavy atom. The Hall–Kier alpha value is -2.65. The van der Waals surface area contributed by atoms with Crippen molar-refractivity contribution in [2.45, 2.75) is 37.5 Å². The van der Waals surface area contributed by atoms with Crippen molar-refractivity contribution in [3.8, 4) is 5.75 Å². The Balaban J connectivity index is 1.53. The molecule has 3 fully saturated rings. The van der Waals surface area contributed by atoms with Gasteiger partial charge in [0.1, 0.15) is 24.4 Å². The zero-order chi connectivity index (χ0) is 21.1. The van der Waals surface area contributed by atoms with Gasteiger partial charge in [0.15, 0.2) is 5.78 Å². The van der Waals surface area contributed by atoms with E-state index in [1.165, 1.54) is 0 Å². The number of nitrogens with zero attached hydrogens (tertiary/aromatic N) is 2. The van der Waals surface area contributed by atoms with Crippen LogP contribution in [-0.2, 0) is 25.5 Å². The largest absolute Gasteiger partial charge is 0.508 e. The number of fused-ring (bicyclic) bond motifs is 1. The van der Waals surface area contributed by atoms with Gasteiger partial charge in [-0.2, -0.15) is 0 Å². The number of piperidine rings is 1. The van der Waals surface area contributed by atoms with Crippen LogP contribution < -0.4 is 5.32 Å². The normalized spacial score (nSPS) is 25.0. The van der Waals surface area contributed by atoms with Crippen molar-refractivity contribution in [3.05, 3.63) is 29.8 Å². The minimum atomic E-state index is -0.822. The number of hydrogen-bond donors (Lipinski definition) is 2. The smallest absolute Gasteiger partial charge is 0.318 e. The highest BCUT2D eigenvalue weighted by Gasteiger charge is 2.45. The number of likely N-dealkylation sites (tertiary alicyclic amines) is 1. The number of phenols is 1. The van der Waals surface area contributed by atoms with Crippen LogP contribution in [0.25, 0.3) is 0 Å². The van der Waals surface area contributed by atoms with E-state index in [1.54, 1.807) is 34.1 Å². The Kier molecular flexibility index (Phi) is 6.19. The molecule has 3 saturated heterocycles. The number of urea groups is 1. The summed E-state index contributed by atoms with van der Waals surface area (Å²) in [6.45, 7) is 2.35. The molecule has 0 radical (unpaired) electrons. The molecule has 2 N–H and O–H groups in total. The van der Waals surface area contributed by atoms with Crippen molar-refractivity contribution in [1.82, 2.24) is 15.1 Å². The molecule has 0 aliphatic carbocycles. The number of ether oxygens (including phenoxy) is 2. The first-order valence-corrected chi connectivity index (χ1v) is 10.4. The SMILES string of the molecule is O=C1CO[C@@H]2CCCN(C(=O)[C@H](Cc3ccc(O)cc3)NC(=O)N3CCOCC3)[C@H]12. The van der Waals surface area contributed by atoms with E-state index in [2.05, 4.69) is 5.32 Å². The van der Waals surface area contributed by atoms with Crippen molar-refractivity contribution < 1.29 is 29.0 Å². The highest BCUT2D eigenvalue weighted by molar-refractivity contribution is 5.94. The highest BCUT2D eigenvalue weighted by Crippen LogP contribution is 2.27. The maximum Gasteiger partial charge on any atom is 0.318 e. The summed E-state index contributed by atoms with van der Waals surface area (Å²) in [4.78, 5) is 41.8. The van der Waals surface area contributed by atoms with Crippen LogP contribution in [0.1, 0.15) is 18.4 Å². The summed E-state index contributed by atoms with van der Waals surface area (Å²) in [7, 11) is 0. The molecule has 0 spiro atoms. The summed E-state index contributed by atoms with van der Waals surface area (Å²) in [6, 6.07) is 4.82. The van der Waals surface area contributed by atoms with Gasteiger partial charge in [0, 0.05) is 26.1 Å². The monoisotopic (exact) mass is 417 g/mol. The van der Waals surface area contributed by atoms with Gasteiger partial charge in [0.25, 0.3) is 0 Å². The van der Waals surface area contributed by atoms with Crippen LogP contribution >= 0.6 is 0 Å². The van der Waals surface area contributed by atoms with Crippen molar-refractivity contribution in [3.63, 3.8) is 0 Å². The third kappa shape index (κ3) is 4.41. The molecule has 1 aromatic carbocycles. The summed E-state index contributed by atoms with van der Waals surface area (Å²) in [5.41, 5.74) is 0.802. The summed E-state index contributed by atoms with van der Waals surface area (Å²) < 4.78 is 10.8. The fourth-order valence-electron chi connectivity index (χ4n) is 4.31. The second kappa shape index (κ2) is 9.01. The maximum absolute atomic E-state index is 13.5. The topological polar surface area (TPSA) is 108 Å². The number of carbonyl (C=O) groups excluding carboxylic acids is 3. The fourth-order valence-corrected chi connectivity index (χ4v) is 4.31. The average molecular weight is 417 g/mol. The van der Waals surface area contributed by atoms with Crippen LogP contribution in [0.4, 0.5) is 4.79 Å². The van der Waals surface area contributed by atoms with E-state index in [1.807, 2.05) is 0 Å². The molecule has 1 aromatic rings. The maximum atomic E-state index is 13.5. The van der Waals surface area contributed by atoms with Crippen LogP contribution in [0.2, 0.25) is 0 Å². The number of amides is 3. The second-order valence-electron chi connectivity index (χ2n) is 7.91. The number of Topliss-reactive ketones (excluding diaryl/α,β-unsaturated/α-hetero) is 1. The molecule has 9 nitrogen and oxygen atoms in total. The van der Waals surface area contributed by atoms with Gasteiger partial charge < -0.3 is 29.7 Å². The second-order valence-corrected chi connectivity index (χ2v) is 7.91. The molecule has 30 heavy (non-hydrogen) atoms. The highest BCUT2D eigenvalue weighted by atomic mass is 16.5. The number of benzene rings is 1. The molecule has 162 valence electrons. The lowest BCUT2D eigenvalue weighted by Gasteiger charge is -2.38. The predicted octanol–water partition coefficient (Wildman–Crippen LogP) is 0.304. The lowest BCUT2D eigenvalue weighted by molar-refractivity contribution is -0.142. The lowest BCUT2D eigenvalue weighted by Crippen LogP contribution is -2.60. The molecule has 0 saturated carbocycles. The average Bonchev–Trinajstić information content (AvgIpc) is 3.16. The van der Waals surface area contributed by atoms with Gasteiger partial charge in [-0.1, -0.05) is 12.1 Å². The van der Waals surface area contributed by atoms with Crippen LogP contribution in [-0.4, -0.2) is 90.3 Å². The van der Waals surface area contributed by atoms with Crippen molar-refractivity contribution in [2.75, 3.05) is 39.5 Å². The van der Waals surface area contributed by atoms with Gasteiger partial charge in [-0.05, 0) is 30.5 Å². The van der Waals surface area contributed by atoms with Crippen LogP contribution in [0.15, 0.2) is 24.3 Å². The van der Waals surface area contributed by atoms with Gasteiger partial charge >= 0.3 is 6.03 Å². The Morgan fingerprint density at radius 2 is 1.90 bits per heavy atom. The molecule has 3 heterocycles. The number of ketones is 1. The third-order valence-corrected chi connectivity index (χ3v) is 5.90. The summed E-state index contributed by atoms with van der Waals surface area (Å²) >= 11 is 0. The Labute approximate surface area is 174 Å². The number of morpholine rings is 1. The van der Waals surface area contributed by atoms with E-state index in [0.29, 0.717) is 32.8 Å². The van der Waals surface area contributed by atoms with E-state index in [0.717, 1.165) is 18.4 Å². The molecule has 3 atom stereocenters. The fraction of sp³-hybridized carbons (Fsp3) is 0.571. The van der Waals surface area contributed by atoms with Crippen molar-refractivity contribution in [2.24, 2.45) is 0 Å². The van der Waals surface area contributed by atoms with Gasteiger partial charge in [-0.25, -0.2) is 4.79 Å². The third-order valence-electron chi connectivity index (χ3n) is 5.90. The van der Waals surface area contributed by atoms with Gasteiger partial charge in [0.2, 0.25) is 5.91 Å². The van der Waals surface area contributed by atoms with E-state index in [9.17, 15) is 19.5 Å². The summed E-state index contributed by atoms with van der Waals surface area (Å²) in [6.07, 6.45) is 1.50. The molecule has 9 heteroatoms. The first-order chi connectivity index (χ1) is 14.5.